The maximum Gasteiger partial charge on any atom is 0.174 e. The van der Waals surface area contributed by atoms with Gasteiger partial charge in [0, 0.05) is 11.1 Å². The zero-order valence-electron chi connectivity index (χ0n) is 11.3. The summed E-state index contributed by atoms with van der Waals surface area (Å²) in [5.41, 5.74) is 2.34. The second kappa shape index (κ2) is 6.24. The molecule has 3 N–H and O–H groups in total. The summed E-state index contributed by atoms with van der Waals surface area (Å²) >= 11 is 9.50. The molecule has 0 radical (unpaired) electrons. The highest BCUT2D eigenvalue weighted by Crippen LogP contribution is 2.33. The van der Waals surface area contributed by atoms with Crippen molar-refractivity contribution in [1.82, 2.24) is 9.97 Å². The molecule has 22 heavy (non-hydrogen) atoms. The summed E-state index contributed by atoms with van der Waals surface area (Å²) in [6, 6.07) is 7.06. The highest BCUT2D eigenvalue weighted by molar-refractivity contribution is 9.10. The minimum Gasteiger partial charge on any atom is -0.396 e. The summed E-state index contributed by atoms with van der Waals surface area (Å²) in [5, 5.41) is 12.7. The number of aliphatic hydroxyl groups is 1. The molecule has 0 aliphatic heterocycles. The van der Waals surface area contributed by atoms with Crippen LogP contribution in [0.1, 0.15) is 5.56 Å². The lowest BCUT2D eigenvalue weighted by molar-refractivity contribution is 0.299. The van der Waals surface area contributed by atoms with Crippen molar-refractivity contribution >= 4 is 49.9 Å². The summed E-state index contributed by atoms with van der Waals surface area (Å²) in [4.78, 5) is 6.86. The van der Waals surface area contributed by atoms with Crippen molar-refractivity contribution < 1.29 is 9.50 Å². The lowest BCUT2D eigenvalue weighted by Gasteiger charge is -2.14. The number of aromatic amines is 1. The highest BCUT2D eigenvalue weighted by Gasteiger charge is 2.16. The number of hydrogen-bond acceptors (Lipinski definition) is 3. The van der Waals surface area contributed by atoms with Crippen LogP contribution in [-0.4, -0.2) is 21.7 Å². The molecule has 2 aromatic carbocycles. The van der Waals surface area contributed by atoms with Crippen LogP contribution in [0.3, 0.4) is 0 Å². The molecule has 1 heterocycles. The van der Waals surface area contributed by atoms with E-state index in [4.69, 9.17) is 11.6 Å². The van der Waals surface area contributed by atoms with E-state index in [-0.39, 0.29) is 17.8 Å². The Labute approximate surface area is 139 Å². The zero-order valence-corrected chi connectivity index (χ0v) is 13.7. The van der Waals surface area contributed by atoms with Crippen LogP contribution in [0.25, 0.3) is 11.0 Å². The van der Waals surface area contributed by atoms with E-state index in [9.17, 15) is 9.50 Å². The van der Waals surface area contributed by atoms with Gasteiger partial charge in [0.2, 0.25) is 0 Å². The van der Waals surface area contributed by atoms with Crippen LogP contribution < -0.4 is 5.32 Å². The lowest BCUT2D eigenvalue weighted by atomic mass is 10.1. The molecule has 3 aromatic rings. The third-order valence-electron chi connectivity index (χ3n) is 3.31. The van der Waals surface area contributed by atoms with Gasteiger partial charge in [0.15, 0.2) is 5.82 Å². The number of fused-ring (bicyclic) bond motifs is 1. The minimum atomic E-state index is -0.471. The topological polar surface area (TPSA) is 60.9 Å². The Morgan fingerprint density at radius 3 is 2.91 bits per heavy atom. The van der Waals surface area contributed by atoms with E-state index in [2.05, 4.69) is 31.2 Å². The Bertz CT molecular complexity index is 837. The average molecular weight is 385 g/mol. The second-order valence-electron chi connectivity index (χ2n) is 4.75. The number of nitrogens with one attached hydrogen (secondary N) is 2. The van der Waals surface area contributed by atoms with Crippen LogP contribution in [0.4, 0.5) is 15.8 Å². The summed E-state index contributed by atoms with van der Waals surface area (Å²) in [6.45, 7) is -0.0815. The zero-order chi connectivity index (χ0) is 15.7. The quantitative estimate of drug-likeness (QED) is 0.625. The molecule has 0 atom stereocenters. The standard InChI is InChI=1S/C15H12BrClFN3O/c16-9-1-2-11(10(17)6-9)21-14-8(3-4-22)5-12-15(13(14)18)20-7-19-12/h1-2,5-7,21-22H,3-4H2,(H,19,20). The van der Waals surface area contributed by atoms with Gasteiger partial charge in [-0.15, -0.1) is 0 Å². The molecule has 1 aromatic heterocycles. The highest BCUT2D eigenvalue weighted by atomic mass is 79.9. The molecular weight excluding hydrogens is 373 g/mol. The van der Waals surface area contributed by atoms with Gasteiger partial charge in [-0.1, -0.05) is 27.5 Å². The van der Waals surface area contributed by atoms with Gasteiger partial charge in [-0.05, 0) is 36.2 Å². The van der Waals surface area contributed by atoms with Crippen LogP contribution in [0.5, 0.6) is 0 Å². The molecule has 0 aliphatic carbocycles. The number of hydrogen-bond donors (Lipinski definition) is 3. The predicted molar refractivity (Wildman–Crippen MR) is 89.3 cm³/mol. The fourth-order valence-corrected chi connectivity index (χ4v) is 2.99. The summed E-state index contributed by atoms with van der Waals surface area (Å²) in [6.07, 6.45) is 1.76. The van der Waals surface area contributed by atoms with Gasteiger partial charge >= 0.3 is 0 Å². The van der Waals surface area contributed by atoms with Crippen LogP contribution >= 0.6 is 27.5 Å². The minimum absolute atomic E-state index is 0.0815. The number of halogens is 3. The van der Waals surface area contributed by atoms with Gasteiger partial charge in [-0.25, -0.2) is 9.37 Å². The van der Waals surface area contributed by atoms with Gasteiger partial charge < -0.3 is 15.4 Å². The van der Waals surface area contributed by atoms with Gasteiger partial charge in [0.05, 0.1) is 28.2 Å². The Morgan fingerprint density at radius 2 is 2.18 bits per heavy atom. The van der Waals surface area contributed by atoms with E-state index >= 15 is 0 Å². The number of benzene rings is 2. The molecule has 3 rings (SSSR count). The second-order valence-corrected chi connectivity index (χ2v) is 6.07. The van der Waals surface area contributed by atoms with Crippen LogP contribution in [0.2, 0.25) is 5.02 Å². The maximum atomic E-state index is 14.7. The number of H-pyrrole nitrogens is 1. The Hall–Kier alpha value is -1.63. The Kier molecular flexibility index (Phi) is 4.33. The predicted octanol–water partition coefficient (Wildman–Crippen LogP) is 4.40. The first-order valence-electron chi connectivity index (χ1n) is 6.57. The smallest absolute Gasteiger partial charge is 0.174 e. The van der Waals surface area contributed by atoms with Crippen LogP contribution in [0.15, 0.2) is 35.1 Å². The molecule has 0 amide bonds. The van der Waals surface area contributed by atoms with Gasteiger partial charge in [0.1, 0.15) is 5.52 Å². The molecule has 0 unspecified atom stereocenters. The molecule has 0 spiro atoms. The molecule has 0 saturated heterocycles. The van der Waals surface area contributed by atoms with E-state index in [0.29, 0.717) is 28.2 Å². The number of nitrogens with zero attached hydrogens (tertiary/aromatic N) is 1. The monoisotopic (exact) mass is 383 g/mol. The molecule has 0 bridgehead atoms. The van der Waals surface area contributed by atoms with Gasteiger partial charge in [-0.3, -0.25) is 0 Å². The van der Waals surface area contributed by atoms with Gasteiger partial charge in [0.25, 0.3) is 0 Å². The lowest BCUT2D eigenvalue weighted by Crippen LogP contribution is -2.03. The maximum absolute atomic E-state index is 14.7. The number of aromatic nitrogens is 2. The summed E-state index contributed by atoms with van der Waals surface area (Å²) in [5.74, 6) is -0.471. The molecule has 0 fully saturated rings. The van der Waals surface area contributed by atoms with E-state index < -0.39 is 5.82 Å². The first kappa shape index (κ1) is 15.3. The third-order valence-corrected chi connectivity index (χ3v) is 4.11. The van der Waals surface area contributed by atoms with Crippen molar-refractivity contribution in [2.45, 2.75) is 6.42 Å². The Morgan fingerprint density at radius 1 is 1.36 bits per heavy atom. The first-order chi connectivity index (χ1) is 10.6. The first-order valence-corrected chi connectivity index (χ1v) is 7.74. The van der Waals surface area contributed by atoms with Crippen molar-refractivity contribution in [1.29, 1.82) is 0 Å². The fourth-order valence-electron chi connectivity index (χ4n) is 2.27. The normalized spacial score (nSPS) is 11.1. The third kappa shape index (κ3) is 2.82. The number of anilines is 2. The van der Waals surface area contributed by atoms with E-state index in [1.165, 1.54) is 6.33 Å². The van der Waals surface area contributed by atoms with Gasteiger partial charge in [-0.2, -0.15) is 0 Å². The molecule has 0 saturated carbocycles. The molecule has 4 nitrogen and oxygen atoms in total. The Balaban J connectivity index is 2.11. The average Bonchev–Trinajstić information content (AvgIpc) is 2.94. The van der Waals surface area contributed by atoms with E-state index in [0.717, 1.165) is 4.47 Å². The van der Waals surface area contributed by atoms with Crippen LogP contribution in [0, 0.1) is 5.82 Å². The SMILES string of the molecule is OCCc1cc2[nH]cnc2c(F)c1Nc1ccc(Br)cc1Cl. The fraction of sp³-hybridized carbons (Fsp3) is 0.133. The summed E-state index contributed by atoms with van der Waals surface area (Å²) < 4.78 is 15.5. The van der Waals surface area contributed by atoms with Crippen molar-refractivity contribution in [3.8, 4) is 0 Å². The summed E-state index contributed by atoms with van der Waals surface area (Å²) in [7, 11) is 0. The molecule has 114 valence electrons. The molecular formula is C15H12BrClFN3O. The molecule has 7 heteroatoms. The van der Waals surface area contributed by atoms with Crippen molar-refractivity contribution in [3.63, 3.8) is 0 Å². The van der Waals surface area contributed by atoms with E-state index in [1.807, 2.05) is 6.07 Å². The van der Waals surface area contributed by atoms with Crippen LogP contribution in [-0.2, 0) is 6.42 Å². The van der Waals surface area contributed by atoms with E-state index in [1.54, 1.807) is 18.2 Å². The van der Waals surface area contributed by atoms with Crippen molar-refractivity contribution in [2.75, 3.05) is 11.9 Å². The number of aliphatic hydroxyl groups excluding tert-OH is 1. The van der Waals surface area contributed by atoms with Crippen molar-refractivity contribution in [2.24, 2.45) is 0 Å². The largest absolute Gasteiger partial charge is 0.396 e. The molecule has 0 aliphatic rings. The van der Waals surface area contributed by atoms with Crippen molar-refractivity contribution in [3.05, 3.63) is 51.5 Å². The number of rotatable bonds is 4. The number of imidazole rings is 1.